The van der Waals surface area contributed by atoms with Crippen molar-refractivity contribution in [3.8, 4) is 0 Å². The molecule has 2 rings (SSSR count). The maximum Gasteiger partial charge on any atom is 0.256 e. The summed E-state index contributed by atoms with van der Waals surface area (Å²) in [5.41, 5.74) is 0.697. The van der Waals surface area contributed by atoms with Crippen LogP contribution in [-0.2, 0) is 10.0 Å². The molecule has 0 aliphatic carbocycles. The minimum atomic E-state index is -3.43. The number of likely N-dealkylation sites (tertiary alicyclic amines) is 1. The fourth-order valence-electron chi connectivity index (χ4n) is 2.98. The Labute approximate surface area is 140 Å². The van der Waals surface area contributed by atoms with E-state index < -0.39 is 10.0 Å². The standard InChI is InChI=1S/C15H21BrN2O3S/c1-10-6-11(2)9-18(8-10)15(19)13-7-12(16)4-5-14(13)17-22(3,20)21/h4-5,7,10-11,17H,6,8-9H2,1-3H3/t10-,11+. The summed E-state index contributed by atoms with van der Waals surface area (Å²) in [4.78, 5) is 14.6. The highest BCUT2D eigenvalue weighted by Crippen LogP contribution is 2.27. The van der Waals surface area contributed by atoms with Crippen molar-refractivity contribution in [2.24, 2.45) is 11.8 Å². The number of piperidine rings is 1. The van der Waals surface area contributed by atoms with Crippen molar-refractivity contribution < 1.29 is 13.2 Å². The van der Waals surface area contributed by atoms with Gasteiger partial charge in [-0.3, -0.25) is 9.52 Å². The molecule has 0 unspecified atom stereocenters. The number of anilines is 1. The molecule has 0 radical (unpaired) electrons. The minimum Gasteiger partial charge on any atom is -0.338 e. The maximum atomic E-state index is 12.8. The Balaban J connectivity index is 2.34. The number of halogens is 1. The Hall–Kier alpha value is -1.08. The number of benzene rings is 1. The van der Waals surface area contributed by atoms with E-state index in [2.05, 4.69) is 34.5 Å². The first-order valence-corrected chi connectivity index (χ1v) is 9.91. The van der Waals surface area contributed by atoms with Crippen LogP contribution in [0.4, 0.5) is 5.69 Å². The predicted molar refractivity (Wildman–Crippen MR) is 91.5 cm³/mol. The summed E-state index contributed by atoms with van der Waals surface area (Å²) < 4.78 is 26.2. The van der Waals surface area contributed by atoms with Gasteiger partial charge in [-0.05, 0) is 36.5 Å². The summed E-state index contributed by atoms with van der Waals surface area (Å²) >= 11 is 3.34. The fraction of sp³-hybridized carbons (Fsp3) is 0.533. The van der Waals surface area contributed by atoms with Crippen molar-refractivity contribution in [2.75, 3.05) is 24.1 Å². The Morgan fingerprint density at radius 2 is 1.86 bits per heavy atom. The van der Waals surface area contributed by atoms with Gasteiger partial charge in [0.25, 0.3) is 5.91 Å². The molecule has 0 spiro atoms. The van der Waals surface area contributed by atoms with Crippen molar-refractivity contribution in [3.63, 3.8) is 0 Å². The number of nitrogens with zero attached hydrogens (tertiary/aromatic N) is 1. The smallest absolute Gasteiger partial charge is 0.256 e. The Kier molecular flexibility index (Phi) is 5.17. The zero-order valence-electron chi connectivity index (χ0n) is 13.0. The normalized spacial score (nSPS) is 22.5. The van der Waals surface area contributed by atoms with E-state index >= 15 is 0 Å². The van der Waals surface area contributed by atoms with Crippen LogP contribution >= 0.6 is 15.9 Å². The number of hydrogen-bond acceptors (Lipinski definition) is 3. The summed E-state index contributed by atoms with van der Waals surface area (Å²) in [6, 6.07) is 4.99. The Morgan fingerprint density at radius 1 is 1.27 bits per heavy atom. The van der Waals surface area contributed by atoms with Gasteiger partial charge in [0.05, 0.1) is 17.5 Å². The minimum absolute atomic E-state index is 0.133. The molecule has 22 heavy (non-hydrogen) atoms. The van der Waals surface area contributed by atoms with E-state index in [1.807, 2.05) is 4.90 Å². The molecule has 0 saturated carbocycles. The van der Waals surface area contributed by atoms with Crippen molar-refractivity contribution in [2.45, 2.75) is 20.3 Å². The quantitative estimate of drug-likeness (QED) is 0.865. The van der Waals surface area contributed by atoms with Gasteiger partial charge in [-0.15, -0.1) is 0 Å². The van der Waals surface area contributed by atoms with E-state index in [4.69, 9.17) is 0 Å². The van der Waals surface area contributed by atoms with Gasteiger partial charge in [-0.2, -0.15) is 0 Å². The molecule has 1 aromatic rings. The van der Waals surface area contributed by atoms with Gasteiger partial charge < -0.3 is 4.90 Å². The first-order chi connectivity index (χ1) is 10.2. The monoisotopic (exact) mass is 388 g/mol. The highest BCUT2D eigenvalue weighted by Gasteiger charge is 2.27. The van der Waals surface area contributed by atoms with Crippen LogP contribution in [0, 0.1) is 11.8 Å². The lowest BCUT2D eigenvalue weighted by atomic mass is 9.91. The highest BCUT2D eigenvalue weighted by atomic mass is 79.9. The second-order valence-corrected chi connectivity index (χ2v) is 8.88. The van der Waals surface area contributed by atoms with Gasteiger partial charge in [0, 0.05) is 17.6 Å². The second kappa shape index (κ2) is 6.58. The number of rotatable bonds is 3. The molecule has 1 saturated heterocycles. The van der Waals surface area contributed by atoms with Gasteiger partial charge in [0.1, 0.15) is 0 Å². The number of amides is 1. The lowest BCUT2D eigenvalue weighted by Crippen LogP contribution is -2.42. The van der Waals surface area contributed by atoms with E-state index in [1.54, 1.807) is 18.2 Å². The van der Waals surface area contributed by atoms with E-state index in [1.165, 1.54) is 0 Å². The van der Waals surface area contributed by atoms with Gasteiger partial charge in [0.2, 0.25) is 10.0 Å². The average Bonchev–Trinajstić information content (AvgIpc) is 2.37. The van der Waals surface area contributed by atoms with Crippen LogP contribution in [0.25, 0.3) is 0 Å². The summed E-state index contributed by atoms with van der Waals surface area (Å²) in [6.45, 7) is 5.67. The number of carbonyl (C=O) groups is 1. The largest absolute Gasteiger partial charge is 0.338 e. The summed E-state index contributed by atoms with van der Waals surface area (Å²) in [6.07, 6.45) is 2.19. The molecule has 1 heterocycles. The molecular formula is C15H21BrN2O3S. The SMILES string of the molecule is C[C@@H]1C[C@H](C)CN(C(=O)c2cc(Br)ccc2NS(C)(=O)=O)C1. The lowest BCUT2D eigenvalue weighted by Gasteiger charge is -2.35. The van der Waals surface area contributed by atoms with Gasteiger partial charge >= 0.3 is 0 Å². The summed E-state index contributed by atoms with van der Waals surface area (Å²) in [5, 5.41) is 0. The third-order valence-electron chi connectivity index (χ3n) is 3.66. The van der Waals surface area contributed by atoms with Crippen molar-refractivity contribution in [3.05, 3.63) is 28.2 Å². The van der Waals surface area contributed by atoms with Crippen LogP contribution in [0.15, 0.2) is 22.7 Å². The van der Waals surface area contributed by atoms with Crippen LogP contribution in [0.5, 0.6) is 0 Å². The van der Waals surface area contributed by atoms with Gasteiger partial charge in [-0.25, -0.2) is 8.42 Å². The number of carbonyl (C=O) groups excluding carboxylic acids is 1. The third-order valence-corrected chi connectivity index (χ3v) is 4.75. The number of sulfonamides is 1. The van der Waals surface area contributed by atoms with Crippen molar-refractivity contribution in [1.29, 1.82) is 0 Å². The topological polar surface area (TPSA) is 66.5 Å². The van der Waals surface area contributed by atoms with E-state index in [0.29, 0.717) is 36.2 Å². The molecular weight excluding hydrogens is 368 g/mol. The van der Waals surface area contributed by atoms with Crippen molar-refractivity contribution in [1.82, 2.24) is 4.90 Å². The Morgan fingerprint density at radius 3 is 2.41 bits per heavy atom. The Bertz CT molecular complexity index is 665. The molecule has 1 aliphatic heterocycles. The molecule has 0 aromatic heterocycles. The molecule has 1 fully saturated rings. The molecule has 0 bridgehead atoms. The zero-order chi connectivity index (χ0) is 16.5. The molecule has 7 heteroatoms. The number of nitrogens with one attached hydrogen (secondary N) is 1. The molecule has 1 amide bonds. The summed E-state index contributed by atoms with van der Waals surface area (Å²) in [7, 11) is -3.43. The van der Waals surface area contributed by atoms with E-state index in [9.17, 15) is 13.2 Å². The van der Waals surface area contributed by atoms with Crippen LogP contribution in [0.1, 0.15) is 30.6 Å². The summed E-state index contributed by atoms with van der Waals surface area (Å²) in [5.74, 6) is 0.767. The zero-order valence-corrected chi connectivity index (χ0v) is 15.4. The van der Waals surface area contributed by atoms with Gasteiger partial charge in [-0.1, -0.05) is 29.8 Å². The first kappa shape index (κ1) is 17.3. The van der Waals surface area contributed by atoms with Crippen LogP contribution in [0.3, 0.4) is 0 Å². The maximum absolute atomic E-state index is 12.8. The molecule has 5 nitrogen and oxygen atoms in total. The fourth-order valence-corrected chi connectivity index (χ4v) is 3.92. The van der Waals surface area contributed by atoms with E-state index in [-0.39, 0.29) is 5.91 Å². The lowest BCUT2D eigenvalue weighted by molar-refractivity contribution is 0.0624. The number of hydrogen-bond donors (Lipinski definition) is 1. The molecule has 1 aliphatic rings. The average molecular weight is 389 g/mol. The molecule has 122 valence electrons. The van der Waals surface area contributed by atoms with Crippen molar-refractivity contribution >= 4 is 37.5 Å². The van der Waals surface area contributed by atoms with E-state index in [0.717, 1.165) is 17.1 Å². The van der Waals surface area contributed by atoms with Crippen LogP contribution < -0.4 is 4.72 Å². The van der Waals surface area contributed by atoms with Gasteiger partial charge in [0.15, 0.2) is 0 Å². The molecule has 1 N–H and O–H groups in total. The first-order valence-electron chi connectivity index (χ1n) is 7.22. The third kappa shape index (κ3) is 4.46. The molecule has 2 atom stereocenters. The molecule has 1 aromatic carbocycles. The van der Waals surface area contributed by atoms with Crippen LogP contribution in [0.2, 0.25) is 0 Å². The second-order valence-electron chi connectivity index (χ2n) is 6.22. The highest BCUT2D eigenvalue weighted by molar-refractivity contribution is 9.10. The predicted octanol–water partition coefficient (Wildman–Crippen LogP) is 2.94. The van der Waals surface area contributed by atoms with Crippen LogP contribution in [-0.4, -0.2) is 38.6 Å².